The van der Waals surface area contributed by atoms with Crippen molar-refractivity contribution in [3.05, 3.63) is 23.4 Å². The molecule has 0 aliphatic carbocycles. The summed E-state index contributed by atoms with van der Waals surface area (Å²) in [6, 6.07) is 3.90. The Hall–Kier alpha value is -1.58. The van der Waals surface area contributed by atoms with E-state index >= 15 is 0 Å². The van der Waals surface area contributed by atoms with Gasteiger partial charge in [0, 0.05) is 23.7 Å². The Balaban J connectivity index is 2.47. The number of rotatable bonds is 3. The van der Waals surface area contributed by atoms with E-state index in [1.54, 1.807) is 12.1 Å². The number of aromatic carboxylic acids is 1. The Bertz CT molecular complexity index is 506. The van der Waals surface area contributed by atoms with Crippen molar-refractivity contribution < 1.29 is 9.90 Å². The second-order valence-electron chi connectivity index (χ2n) is 6.55. The molecule has 1 atom stereocenters. The van der Waals surface area contributed by atoms with Crippen LogP contribution in [0, 0.1) is 0 Å². The smallest absolute Gasteiger partial charge is 0.335 e. The highest BCUT2D eigenvalue weighted by Gasteiger charge is 2.27. The largest absolute Gasteiger partial charge is 0.478 e. The molecule has 0 amide bonds. The van der Waals surface area contributed by atoms with Crippen LogP contribution in [0.1, 0.15) is 63.0 Å². The fourth-order valence-corrected chi connectivity index (χ4v) is 2.73. The molecule has 110 valence electrons. The van der Waals surface area contributed by atoms with Crippen molar-refractivity contribution in [3.63, 3.8) is 0 Å². The van der Waals surface area contributed by atoms with Gasteiger partial charge in [0.25, 0.3) is 0 Å². The van der Waals surface area contributed by atoms with Crippen LogP contribution < -0.4 is 4.90 Å². The second kappa shape index (κ2) is 5.43. The summed E-state index contributed by atoms with van der Waals surface area (Å²) in [5.41, 5.74) is 1.03. The average Bonchev–Trinajstić information content (AvgIpc) is 2.85. The number of aromatic nitrogens is 1. The zero-order valence-corrected chi connectivity index (χ0v) is 12.8. The van der Waals surface area contributed by atoms with Crippen LogP contribution >= 0.6 is 0 Å². The molecule has 1 fully saturated rings. The second-order valence-corrected chi connectivity index (χ2v) is 6.55. The third-order valence-electron chi connectivity index (χ3n) is 3.97. The highest BCUT2D eigenvalue weighted by atomic mass is 16.4. The summed E-state index contributed by atoms with van der Waals surface area (Å²) in [6.45, 7) is 9.33. The number of hydrogen-bond donors (Lipinski definition) is 1. The van der Waals surface area contributed by atoms with Gasteiger partial charge in [-0.15, -0.1) is 0 Å². The van der Waals surface area contributed by atoms with E-state index in [9.17, 15) is 9.90 Å². The lowest BCUT2D eigenvalue weighted by atomic mass is 9.90. The minimum Gasteiger partial charge on any atom is -0.478 e. The maximum Gasteiger partial charge on any atom is 0.335 e. The van der Waals surface area contributed by atoms with Crippen LogP contribution in [0.4, 0.5) is 5.82 Å². The molecule has 1 aromatic heterocycles. The molecular weight excluding hydrogens is 252 g/mol. The summed E-state index contributed by atoms with van der Waals surface area (Å²) in [4.78, 5) is 18.3. The summed E-state index contributed by atoms with van der Waals surface area (Å²) in [6.07, 6.45) is 3.40. The molecule has 1 N–H and O–H groups in total. The molecule has 0 radical (unpaired) electrons. The molecule has 4 nitrogen and oxygen atoms in total. The Kier molecular flexibility index (Phi) is 4.02. The number of anilines is 1. The van der Waals surface area contributed by atoms with E-state index in [1.807, 2.05) is 0 Å². The normalized spacial score (nSPS) is 19.4. The lowest BCUT2D eigenvalue weighted by molar-refractivity contribution is 0.0696. The third-order valence-corrected chi connectivity index (χ3v) is 3.97. The summed E-state index contributed by atoms with van der Waals surface area (Å²) < 4.78 is 0. The molecule has 0 aromatic carbocycles. The van der Waals surface area contributed by atoms with Crippen LogP contribution in [0.25, 0.3) is 0 Å². The molecule has 1 unspecified atom stereocenters. The van der Waals surface area contributed by atoms with Crippen LogP contribution in [0.3, 0.4) is 0 Å². The number of carboxylic acids is 1. The lowest BCUT2D eigenvalue weighted by Gasteiger charge is -2.27. The highest BCUT2D eigenvalue weighted by molar-refractivity contribution is 5.88. The molecule has 1 aliphatic rings. The van der Waals surface area contributed by atoms with E-state index in [0.717, 1.165) is 30.9 Å². The lowest BCUT2D eigenvalue weighted by Crippen LogP contribution is -2.30. The molecule has 1 aromatic rings. The maximum absolute atomic E-state index is 11.4. The standard InChI is InChI=1S/C16H24N2O2/c1-5-12-7-6-8-18(12)14-10-11(15(19)20)9-13(17-14)16(2,3)4/h9-10,12H,5-8H2,1-4H3,(H,19,20). The van der Waals surface area contributed by atoms with Gasteiger partial charge in [-0.3, -0.25) is 0 Å². The first-order chi connectivity index (χ1) is 9.32. The molecule has 20 heavy (non-hydrogen) atoms. The van der Waals surface area contributed by atoms with Gasteiger partial charge in [-0.05, 0) is 31.4 Å². The first-order valence-electron chi connectivity index (χ1n) is 7.35. The van der Waals surface area contributed by atoms with Crippen molar-refractivity contribution in [1.29, 1.82) is 0 Å². The zero-order chi connectivity index (χ0) is 14.9. The highest BCUT2D eigenvalue weighted by Crippen LogP contribution is 2.30. The Labute approximate surface area is 120 Å². The van der Waals surface area contributed by atoms with Crippen LogP contribution in [-0.2, 0) is 5.41 Å². The van der Waals surface area contributed by atoms with Gasteiger partial charge in [0.15, 0.2) is 0 Å². The maximum atomic E-state index is 11.4. The van der Waals surface area contributed by atoms with Gasteiger partial charge >= 0.3 is 5.97 Å². The molecule has 1 saturated heterocycles. The Morgan fingerprint density at radius 3 is 2.70 bits per heavy atom. The number of nitrogens with zero attached hydrogens (tertiary/aromatic N) is 2. The van der Waals surface area contributed by atoms with Gasteiger partial charge < -0.3 is 10.0 Å². The third kappa shape index (κ3) is 2.94. The fourth-order valence-electron chi connectivity index (χ4n) is 2.73. The van der Waals surface area contributed by atoms with E-state index in [-0.39, 0.29) is 5.41 Å². The van der Waals surface area contributed by atoms with Gasteiger partial charge in [0.05, 0.1) is 5.56 Å². The van der Waals surface area contributed by atoms with Crippen LogP contribution in [0.15, 0.2) is 12.1 Å². The summed E-state index contributed by atoms with van der Waals surface area (Å²) in [5.74, 6) is -0.0643. The predicted molar refractivity (Wildman–Crippen MR) is 80.6 cm³/mol. The van der Waals surface area contributed by atoms with E-state index in [0.29, 0.717) is 11.6 Å². The molecule has 0 spiro atoms. The van der Waals surface area contributed by atoms with Crippen LogP contribution in [0.2, 0.25) is 0 Å². The SMILES string of the molecule is CCC1CCCN1c1cc(C(=O)O)cc(C(C)(C)C)n1. The van der Waals surface area contributed by atoms with E-state index in [1.165, 1.54) is 6.42 Å². The fraction of sp³-hybridized carbons (Fsp3) is 0.625. The zero-order valence-electron chi connectivity index (χ0n) is 12.8. The number of hydrogen-bond acceptors (Lipinski definition) is 3. The molecular formula is C16H24N2O2. The van der Waals surface area contributed by atoms with Gasteiger partial charge in [0.2, 0.25) is 0 Å². The van der Waals surface area contributed by atoms with Crippen LogP contribution in [0.5, 0.6) is 0 Å². The monoisotopic (exact) mass is 276 g/mol. The van der Waals surface area contributed by atoms with Crippen molar-refractivity contribution in [1.82, 2.24) is 4.98 Å². The number of pyridine rings is 1. The molecule has 4 heteroatoms. The number of carbonyl (C=O) groups is 1. The molecule has 1 aliphatic heterocycles. The van der Waals surface area contributed by atoms with Gasteiger partial charge in [-0.2, -0.15) is 0 Å². The first kappa shape index (κ1) is 14.8. The molecule has 2 heterocycles. The van der Waals surface area contributed by atoms with Crippen molar-refractivity contribution in [2.45, 2.75) is 58.4 Å². The van der Waals surface area contributed by atoms with Crippen molar-refractivity contribution in [2.24, 2.45) is 0 Å². The Morgan fingerprint density at radius 1 is 1.45 bits per heavy atom. The topological polar surface area (TPSA) is 53.4 Å². The van der Waals surface area contributed by atoms with Crippen molar-refractivity contribution >= 4 is 11.8 Å². The Morgan fingerprint density at radius 2 is 2.15 bits per heavy atom. The van der Waals surface area contributed by atoms with Gasteiger partial charge in [0.1, 0.15) is 5.82 Å². The van der Waals surface area contributed by atoms with E-state index in [2.05, 4.69) is 32.6 Å². The number of carboxylic acid groups (broad SMARTS) is 1. The van der Waals surface area contributed by atoms with Crippen LogP contribution in [-0.4, -0.2) is 28.6 Å². The molecule has 0 bridgehead atoms. The van der Waals surface area contributed by atoms with Gasteiger partial charge in [-0.25, -0.2) is 9.78 Å². The summed E-state index contributed by atoms with van der Waals surface area (Å²) in [5, 5.41) is 9.32. The summed E-state index contributed by atoms with van der Waals surface area (Å²) in [7, 11) is 0. The van der Waals surface area contributed by atoms with E-state index in [4.69, 9.17) is 4.98 Å². The summed E-state index contributed by atoms with van der Waals surface area (Å²) >= 11 is 0. The van der Waals surface area contributed by atoms with Crippen molar-refractivity contribution in [3.8, 4) is 0 Å². The molecule has 0 saturated carbocycles. The first-order valence-corrected chi connectivity index (χ1v) is 7.35. The predicted octanol–water partition coefficient (Wildman–Crippen LogP) is 3.46. The van der Waals surface area contributed by atoms with Crippen molar-refractivity contribution in [2.75, 3.05) is 11.4 Å². The average molecular weight is 276 g/mol. The van der Waals surface area contributed by atoms with Gasteiger partial charge in [-0.1, -0.05) is 27.7 Å². The quantitative estimate of drug-likeness (QED) is 0.918. The minimum atomic E-state index is -0.883. The minimum absolute atomic E-state index is 0.151. The van der Waals surface area contributed by atoms with E-state index < -0.39 is 5.97 Å². The molecule has 2 rings (SSSR count).